The molecule has 0 spiro atoms. The van der Waals surface area contributed by atoms with Gasteiger partial charge in [-0.05, 0) is 73.2 Å². The molecule has 1 aliphatic rings. The minimum Gasteiger partial charge on any atom is -0.497 e. The summed E-state index contributed by atoms with van der Waals surface area (Å²) in [7, 11) is 1.58. The zero-order chi connectivity index (χ0) is 23.4. The Bertz CT molecular complexity index is 1160. The summed E-state index contributed by atoms with van der Waals surface area (Å²) < 4.78 is 11.1. The maximum absolute atomic E-state index is 12.5. The molecule has 0 saturated heterocycles. The smallest absolute Gasteiger partial charge is 0.303 e. The van der Waals surface area contributed by atoms with E-state index in [2.05, 4.69) is 10.3 Å². The standard InChI is InChI=1S/C25H26N2O5S/c1-15-22(26-25(33-15)27-24(30)16-5-7-19(31-2)8-6-16)11-12-32-20-9-10-21-17(13-20)3-4-18(21)14-23(28)29/h5-10,13,18H,3-4,11-12,14H2,1-2H3,(H,28,29)(H,26,27,30)/t18-/m0/s1. The molecule has 33 heavy (non-hydrogen) atoms. The highest BCUT2D eigenvalue weighted by Crippen LogP contribution is 2.37. The molecule has 0 saturated carbocycles. The third-order valence-corrected chi connectivity index (χ3v) is 6.74. The van der Waals surface area contributed by atoms with Crippen LogP contribution in [0.15, 0.2) is 42.5 Å². The predicted molar refractivity (Wildman–Crippen MR) is 127 cm³/mol. The summed E-state index contributed by atoms with van der Waals surface area (Å²) in [6.07, 6.45) is 2.55. The maximum Gasteiger partial charge on any atom is 0.303 e. The van der Waals surface area contributed by atoms with E-state index < -0.39 is 5.97 Å². The van der Waals surface area contributed by atoms with Gasteiger partial charge >= 0.3 is 5.97 Å². The fraction of sp³-hybridized carbons (Fsp3) is 0.320. The quantitative estimate of drug-likeness (QED) is 0.468. The summed E-state index contributed by atoms with van der Waals surface area (Å²) in [5.74, 6) is 0.601. The van der Waals surface area contributed by atoms with E-state index in [0.717, 1.165) is 34.7 Å². The number of carboxylic acids is 1. The number of carboxylic acid groups (broad SMARTS) is 1. The Morgan fingerprint density at radius 3 is 2.67 bits per heavy atom. The number of amides is 1. The number of aromatic nitrogens is 1. The predicted octanol–water partition coefficient (Wildman–Crippen LogP) is 4.84. The summed E-state index contributed by atoms with van der Waals surface area (Å²) in [5, 5.41) is 12.5. The first kappa shape index (κ1) is 22.8. The summed E-state index contributed by atoms with van der Waals surface area (Å²) in [4.78, 5) is 29.1. The fourth-order valence-electron chi connectivity index (χ4n) is 4.09. The SMILES string of the molecule is COc1ccc(C(=O)Nc2nc(CCOc3ccc4c(c3)CC[C@H]4CC(=O)O)c(C)s2)cc1. The molecule has 0 fully saturated rings. The number of carbonyl (C=O) groups excluding carboxylic acids is 1. The second-order valence-electron chi connectivity index (χ2n) is 8.00. The molecule has 4 rings (SSSR count). The van der Waals surface area contributed by atoms with Gasteiger partial charge in [-0.1, -0.05) is 6.07 Å². The molecule has 2 N–H and O–H groups in total. The monoisotopic (exact) mass is 466 g/mol. The molecule has 0 bridgehead atoms. The van der Waals surface area contributed by atoms with Gasteiger partial charge in [-0.15, -0.1) is 11.3 Å². The second kappa shape index (κ2) is 10.0. The maximum atomic E-state index is 12.5. The highest BCUT2D eigenvalue weighted by molar-refractivity contribution is 7.15. The van der Waals surface area contributed by atoms with Crippen molar-refractivity contribution in [2.75, 3.05) is 19.0 Å². The summed E-state index contributed by atoms with van der Waals surface area (Å²) in [6.45, 7) is 2.45. The molecular weight excluding hydrogens is 440 g/mol. The minimum absolute atomic E-state index is 0.0933. The van der Waals surface area contributed by atoms with Crippen LogP contribution in [0.3, 0.4) is 0 Å². The van der Waals surface area contributed by atoms with Gasteiger partial charge in [-0.25, -0.2) is 4.98 Å². The second-order valence-corrected chi connectivity index (χ2v) is 9.20. The van der Waals surface area contributed by atoms with Gasteiger partial charge in [0.1, 0.15) is 11.5 Å². The number of anilines is 1. The number of fused-ring (bicyclic) bond motifs is 1. The molecule has 2 aromatic carbocycles. The van der Waals surface area contributed by atoms with Crippen LogP contribution in [0.5, 0.6) is 11.5 Å². The lowest BCUT2D eigenvalue weighted by Crippen LogP contribution is -2.11. The Labute approximate surface area is 196 Å². The largest absolute Gasteiger partial charge is 0.497 e. The molecule has 0 aliphatic heterocycles. The third-order valence-electron chi connectivity index (χ3n) is 5.81. The number of methoxy groups -OCH3 is 1. The normalized spacial score (nSPS) is 14.5. The van der Waals surface area contributed by atoms with Gasteiger partial charge in [-0.2, -0.15) is 0 Å². The van der Waals surface area contributed by atoms with Crippen molar-refractivity contribution in [3.05, 3.63) is 69.7 Å². The number of carbonyl (C=O) groups is 2. The molecule has 0 radical (unpaired) electrons. The number of aliphatic carboxylic acids is 1. The molecule has 1 aliphatic carbocycles. The van der Waals surface area contributed by atoms with Crippen LogP contribution in [0.25, 0.3) is 0 Å². The van der Waals surface area contributed by atoms with Gasteiger partial charge < -0.3 is 14.6 Å². The third kappa shape index (κ3) is 5.51. The Hall–Kier alpha value is -3.39. The lowest BCUT2D eigenvalue weighted by Gasteiger charge is -2.10. The Kier molecular flexibility index (Phi) is 6.93. The van der Waals surface area contributed by atoms with Crippen LogP contribution in [0, 0.1) is 6.92 Å². The number of nitrogens with zero attached hydrogens (tertiary/aromatic N) is 1. The average Bonchev–Trinajstić information content (AvgIpc) is 3.35. The highest BCUT2D eigenvalue weighted by Gasteiger charge is 2.25. The lowest BCUT2D eigenvalue weighted by atomic mass is 9.98. The van der Waals surface area contributed by atoms with Crippen molar-refractivity contribution in [1.82, 2.24) is 4.98 Å². The van der Waals surface area contributed by atoms with Gasteiger partial charge in [0.25, 0.3) is 5.91 Å². The number of thiazole rings is 1. The first-order valence-corrected chi connectivity index (χ1v) is 11.6. The van der Waals surface area contributed by atoms with Crippen LogP contribution in [0.1, 0.15) is 50.8 Å². The molecule has 1 amide bonds. The zero-order valence-corrected chi connectivity index (χ0v) is 19.4. The van der Waals surface area contributed by atoms with E-state index in [1.54, 1.807) is 31.4 Å². The summed E-state index contributed by atoms with van der Waals surface area (Å²) in [6, 6.07) is 12.8. The number of rotatable bonds is 9. The molecule has 172 valence electrons. The highest BCUT2D eigenvalue weighted by atomic mass is 32.1. The van der Waals surface area contributed by atoms with Crippen molar-refractivity contribution in [3.63, 3.8) is 0 Å². The number of aryl methyl sites for hydroxylation is 2. The Balaban J connectivity index is 1.31. The molecule has 8 heteroatoms. The molecule has 1 aromatic heterocycles. The van der Waals surface area contributed by atoms with Crippen molar-refractivity contribution in [2.45, 2.75) is 38.5 Å². The number of nitrogens with one attached hydrogen (secondary N) is 1. The van der Waals surface area contributed by atoms with Crippen molar-refractivity contribution in [3.8, 4) is 11.5 Å². The van der Waals surface area contributed by atoms with Crippen LogP contribution in [0.2, 0.25) is 0 Å². The number of hydrogen-bond donors (Lipinski definition) is 2. The first-order valence-electron chi connectivity index (χ1n) is 10.8. The van der Waals surface area contributed by atoms with Crippen LogP contribution in [-0.4, -0.2) is 35.7 Å². The molecular formula is C25H26N2O5S. The van der Waals surface area contributed by atoms with Gasteiger partial charge in [0.15, 0.2) is 5.13 Å². The summed E-state index contributed by atoms with van der Waals surface area (Å²) in [5.41, 5.74) is 3.73. The number of hydrogen-bond acceptors (Lipinski definition) is 6. The molecule has 0 unspecified atom stereocenters. The lowest BCUT2D eigenvalue weighted by molar-refractivity contribution is -0.137. The van der Waals surface area contributed by atoms with Gasteiger partial charge in [0.2, 0.25) is 0 Å². The van der Waals surface area contributed by atoms with Crippen LogP contribution < -0.4 is 14.8 Å². The van der Waals surface area contributed by atoms with Gasteiger partial charge in [-0.3, -0.25) is 14.9 Å². The van der Waals surface area contributed by atoms with Crippen LogP contribution in [-0.2, 0) is 17.6 Å². The van der Waals surface area contributed by atoms with E-state index in [1.165, 1.54) is 16.9 Å². The minimum atomic E-state index is -0.758. The fourth-order valence-corrected chi connectivity index (χ4v) is 4.94. The van der Waals surface area contributed by atoms with E-state index >= 15 is 0 Å². The van der Waals surface area contributed by atoms with Gasteiger partial charge in [0, 0.05) is 16.9 Å². The van der Waals surface area contributed by atoms with Crippen molar-refractivity contribution < 1.29 is 24.2 Å². The number of ether oxygens (including phenoxy) is 2. The van der Waals surface area contributed by atoms with E-state index in [1.807, 2.05) is 25.1 Å². The van der Waals surface area contributed by atoms with E-state index in [-0.39, 0.29) is 18.2 Å². The van der Waals surface area contributed by atoms with Gasteiger partial charge in [0.05, 0.1) is 25.8 Å². The Morgan fingerprint density at radius 2 is 1.94 bits per heavy atom. The van der Waals surface area contributed by atoms with Crippen LogP contribution in [0.4, 0.5) is 5.13 Å². The summed E-state index contributed by atoms with van der Waals surface area (Å²) >= 11 is 1.44. The van der Waals surface area contributed by atoms with Crippen LogP contribution >= 0.6 is 11.3 Å². The zero-order valence-electron chi connectivity index (χ0n) is 18.6. The number of benzene rings is 2. The Morgan fingerprint density at radius 1 is 1.18 bits per heavy atom. The van der Waals surface area contributed by atoms with E-state index in [0.29, 0.717) is 29.5 Å². The van der Waals surface area contributed by atoms with Crippen molar-refractivity contribution in [1.29, 1.82) is 0 Å². The van der Waals surface area contributed by atoms with Crippen molar-refractivity contribution in [2.24, 2.45) is 0 Å². The first-order chi connectivity index (χ1) is 15.9. The average molecular weight is 467 g/mol. The molecule has 3 aromatic rings. The van der Waals surface area contributed by atoms with E-state index in [9.17, 15) is 9.59 Å². The molecule has 1 heterocycles. The molecule has 7 nitrogen and oxygen atoms in total. The van der Waals surface area contributed by atoms with Crippen molar-refractivity contribution >= 4 is 28.3 Å². The van der Waals surface area contributed by atoms with E-state index in [4.69, 9.17) is 14.6 Å². The molecule has 1 atom stereocenters. The topological polar surface area (TPSA) is 97.8 Å².